The molecule has 9 nitrogen and oxygen atoms in total. The van der Waals surface area contributed by atoms with Crippen LogP contribution in [-0.2, 0) is 31.4 Å². The van der Waals surface area contributed by atoms with Crippen LogP contribution >= 0.6 is 0 Å². The molecule has 5 rings (SSSR count). The molecule has 1 amide bonds. The number of fused-ring (bicyclic) bond motifs is 2. The molecule has 0 bridgehead atoms. The number of aromatic nitrogens is 5. The van der Waals surface area contributed by atoms with Crippen molar-refractivity contribution in [3.63, 3.8) is 0 Å². The number of rotatable bonds is 9. The van der Waals surface area contributed by atoms with Gasteiger partial charge in [-0.2, -0.15) is 10.2 Å². The molecule has 3 aromatic rings. The van der Waals surface area contributed by atoms with Gasteiger partial charge in [0.1, 0.15) is 0 Å². The van der Waals surface area contributed by atoms with E-state index in [9.17, 15) is 4.79 Å². The summed E-state index contributed by atoms with van der Waals surface area (Å²) >= 11 is 0. The fraction of sp³-hybridized carbons (Fsp3) is 0.615. The van der Waals surface area contributed by atoms with Crippen molar-refractivity contribution < 1.29 is 4.79 Å². The predicted octanol–water partition coefficient (Wildman–Crippen LogP) is 2.25. The number of nitrogens with zero attached hydrogens (tertiary/aromatic N) is 8. The van der Waals surface area contributed by atoms with E-state index in [-0.39, 0.29) is 11.7 Å². The third kappa shape index (κ3) is 5.00. The summed E-state index contributed by atoms with van der Waals surface area (Å²) in [6, 6.07) is 2.18. The van der Waals surface area contributed by atoms with Crippen LogP contribution in [0, 0.1) is 13.8 Å². The highest BCUT2D eigenvalue weighted by molar-refractivity contribution is 6.12. The number of unbranched alkanes of at least 4 members (excludes halogenated alkanes) is 2. The number of carbonyl (C=O) groups excluding carboxylic acids is 1. The monoisotopic (exact) mass is 488 g/mol. The zero-order chi connectivity index (χ0) is 25.4. The minimum absolute atomic E-state index is 0.191. The van der Waals surface area contributed by atoms with E-state index in [0.717, 1.165) is 87.4 Å². The van der Waals surface area contributed by atoms with Gasteiger partial charge in [-0.1, -0.05) is 5.82 Å². The van der Waals surface area contributed by atoms with E-state index >= 15 is 0 Å². The maximum absolute atomic E-state index is 12.3. The second-order valence-corrected chi connectivity index (χ2v) is 10.5. The molecule has 10 heteroatoms. The number of hydrogen-bond donors (Lipinski definition) is 0. The quantitative estimate of drug-likeness (QED) is 0.340. The molecule has 0 saturated carbocycles. The van der Waals surface area contributed by atoms with Crippen molar-refractivity contribution in [3.05, 3.63) is 34.9 Å². The zero-order valence-electron chi connectivity index (χ0n) is 22.1. The van der Waals surface area contributed by atoms with E-state index in [1.165, 1.54) is 16.9 Å². The van der Waals surface area contributed by atoms with Crippen molar-refractivity contribution >= 4 is 30.5 Å². The Hall–Kier alpha value is -2.88. The van der Waals surface area contributed by atoms with E-state index in [1.54, 1.807) is 0 Å². The molecule has 1 saturated heterocycles. The second kappa shape index (κ2) is 10.2. The molecule has 1 fully saturated rings. The van der Waals surface area contributed by atoms with Crippen molar-refractivity contribution in [2.24, 2.45) is 7.05 Å². The molecule has 2 aliphatic heterocycles. The Morgan fingerprint density at radius 3 is 2.81 bits per heavy atom. The molecule has 0 spiro atoms. The van der Waals surface area contributed by atoms with Crippen molar-refractivity contribution in [1.82, 2.24) is 34.3 Å². The number of amides is 1. The Morgan fingerprint density at radius 1 is 1.22 bits per heavy atom. The molecule has 0 N–H and O–H groups in total. The van der Waals surface area contributed by atoms with E-state index in [2.05, 4.69) is 37.6 Å². The van der Waals surface area contributed by atoms with Gasteiger partial charge in [-0.3, -0.25) is 19.1 Å². The lowest BCUT2D eigenvalue weighted by Crippen LogP contribution is -2.48. The van der Waals surface area contributed by atoms with Gasteiger partial charge in [-0.05, 0) is 52.3 Å². The van der Waals surface area contributed by atoms with E-state index < -0.39 is 0 Å². The van der Waals surface area contributed by atoms with Gasteiger partial charge in [0.05, 0.1) is 37.4 Å². The van der Waals surface area contributed by atoms with Crippen molar-refractivity contribution in [3.8, 4) is 0 Å². The fourth-order valence-electron chi connectivity index (χ4n) is 5.50. The molecule has 36 heavy (non-hydrogen) atoms. The smallest absolute Gasteiger partial charge is 0.236 e. The van der Waals surface area contributed by atoms with Gasteiger partial charge in [-0.25, -0.2) is 4.98 Å². The molecule has 0 atom stereocenters. The third-order valence-electron chi connectivity index (χ3n) is 7.62. The summed E-state index contributed by atoms with van der Waals surface area (Å²) in [6.45, 7) is 9.89. The minimum Gasteiger partial charge on any atom is -0.366 e. The largest absolute Gasteiger partial charge is 0.366 e. The number of carbonyl (C=O) groups is 1. The first-order valence-electron chi connectivity index (χ1n) is 13.1. The highest BCUT2D eigenvalue weighted by Gasteiger charge is 2.26. The highest BCUT2D eigenvalue weighted by Crippen LogP contribution is 2.32. The van der Waals surface area contributed by atoms with Gasteiger partial charge < -0.3 is 9.80 Å². The Morgan fingerprint density at radius 2 is 2.03 bits per heavy atom. The Balaban J connectivity index is 1.14. The highest BCUT2D eigenvalue weighted by atomic mass is 16.2. The summed E-state index contributed by atoms with van der Waals surface area (Å²) in [6.07, 6.45) is 6.08. The van der Waals surface area contributed by atoms with Gasteiger partial charge >= 0.3 is 0 Å². The van der Waals surface area contributed by atoms with Crippen LogP contribution < -0.4 is 4.90 Å². The van der Waals surface area contributed by atoms with E-state index in [1.807, 2.05) is 36.8 Å². The first kappa shape index (κ1) is 24.8. The van der Waals surface area contributed by atoms with Gasteiger partial charge in [-0.15, -0.1) is 0 Å². The predicted molar refractivity (Wildman–Crippen MR) is 142 cm³/mol. The maximum Gasteiger partial charge on any atom is 0.236 e. The Bertz CT molecular complexity index is 1240. The number of pyridine rings is 1. The van der Waals surface area contributed by atoms with Crippen LogP contribution in [0.25, 0.3) is 11.0 Å². The normalized spacial score (nSPS) is 16.4. The first-order chi connectivity index (χ1) is 17.3. The van der Waals surface area contributed by atoms with Crippen LogP contribution in [0.3, 0.4) is 0 Å². The van der Waals surface area contributed by atoms with Crippen LogP contribution in [0.15, 0.2) is 12.3 Å². The van der Waals surface area contributed by atoms with Gasteiger partial charge in [0.15, 0.2) is 5.65 Å². The molecule has 0 aromatic carbocycles. The van der Waals surface area contributed by atoms with Crippen LogP contribution in [0.2, 0.25) is 5.82 Å². The molecule has 190 valence electrons. The van der Waals surface area contributed by atoms with Crippen molar-refractivity contribution in [2.75, 3.05) is 44.7 Å². The lowest BCUT2D eigenvalue weighted by Gasteiger charge is -2.37. The van der Waals surface area contributed by atoms with E-state index in [0.29, 0.717) is 6.54 Å². The van der Waals surface area contributed by atoms with E-state index in [4.69, 9.17) is 12.9 Å². The average Bonchev–Trinajstić information content (AvgIpc) is 3.36. The number of likely N-dealkylation sites (tertiary alicyclic amines) is 1. The summed E-state index contributed by atoms with van der Waals surface area (Å²) < 4.78 is 4.07. The Kier molecular flexibility index (Phi) is 7.06. The third-order valence-corrected chi connectivity index (χ3v) is 7.62. The van der Waals surface area contributed by atoms with Crippen molar-refractivity contribution in [2.45, 2.75) is 58.4 Å². The summed E-state index contributed by atoms with van der Waals surface area (Å²) in [5.41, 5.74) is 7.00. The Labute approximate surface area is 214 Å². The van der Waals surface area contributed by atoms with Crippen LogP contribution in [0.1, 0.15) is 41.9 Å². The molecular formula is C26H37BN8O. The molecule has 5 heterocycles. The number of likely N-dealkylation sites (N-methyl/N-ethyl adjacent to an activating group) is 1. The van der Waals surface area contributed by atoms with Crippen LogP contribution in [0.5, 0.6) is 0 Å². The average molecular weight is 488 g/mol. The summed E-state index contributed by atoms with van der Waals surface area (Å²) in [7, 11) is 9.66. The number of aryl methyl sites for hydroxylation is 4. The minimum atomic E-state index is 0.191. The number of hydrogen-bond acceptors (Lipinski definition) is 6. The van der Waals surface area contributed by atoms with Gasteiger partial charge in [0.25, 0.3) is 0 Å². The second-order valence-electron chi connectivity index (χ2n) is 10.5. The molecule has 0 aliphatic carbocycles. The summed E-state index contributed by atoms with van der Waals surface area (Å²) in [4.78, 5) is 23.4. The van der Waals surface area contributed by atoms with Crippen LogP contribution in [0.4, 0.5) is 5.69 Å². The number of anilines is 1. The SMILES string of the molecule is [B]C1CN(CC(=O)N(C)CCCCCn2nc(C)c3c2CCN(c2cc(C)nc4c2cnn4C)C3)C1. The van der Waals surface area contributed by atoms with Crippen LogP contribution in [-0.4, -0.2) is 87.9 Å². The first-order valence-corrected chi connectivity index (χ1v) is 13.1. The topological polar surface area (TPSA) is 75.3 Å². The fourth-order valence-corrected chi connectivity index (χ4v) is 5.50. The zero-order valence-corrected chi connectivity index (χ0v) is 22.1. The summed E-state index contributed by atoms with van der Waals surface area (Å²) in [5.74, 6) is 0.427. The molecule has 3 aromatic heterocycles. The molecular weight excluding hydrogens is 451 g/mol. The summed E-state index contributed by atoms with van der Waals surface area (Å²) in [5, 5.41) is 10.4. The maximum atomic E-state index is 12.3. The van der Waals surface area contributed by atoms with Gasteiger partial charge in [0, 0.05) is 63.6 Å². The lowest BCUT2D eigenvalue weighted by molar-refractivity contribution is -0.132. The molecule has 2 aliphatic rings. The molecule has 2 radical (unpaired) electrons. The molecule has 0 unspecified atom stereocenters. The van der Waals surface area contributed by atoms with Gasteiger partial charge in [0.2, 0.25) is 5.91 Å². The standard InChI is InChI=1S/C26H37BN8O/c1-18-12-24(21-13-28-32(4)26(21)29-18)34-11-8-23-22(16-34)19(2)30-35(23)10-7-5-6-9-31(3)25(36)17-33-14-20(27)15-33/h12-13,20H,5-11,14-17H2,1-4H3. The van der Waals surface area contributed by atoms with Crippen molar-refractivity contribution in [1.29, 1.82) is 0 Å². The lowest BCUT2D eigenvalue weighted by atomic mass is 9.81.